The van der Waals surface area contributed by atoms with Crippen LogP contribution in [0, 0.1) is 0 Å². The molecule has 5 N–H and O–H groups in total. The normalized spacial score (nSPS) is 17.1. The third kappa shape index (κ3) is 1.80. The van der Waals surface area contributed by atoms with Crippen molar-refractivity contribution in [2.75, 3.05) is 5.32 Å². The smallest absolute Gasteiger partial charge is 0.365 e. The second kappa shape index (κ2) is 4.24. The Kier molecular flexibility index (Phi) is 2.38. The number of H-pyrrole nitrogens is 1. The van der Waals surface area contributed by atoms with Crippen molar-refractivity contribution in [3.63, 3.8) is 0 Å². The zero-order valence-corrected chi connectivity index (χ0v) is 11.1. The number of nitrogens with two attached hydrogens (primary N) is 1. The molecule has 0 amide bonds. The lowest BCUT2D eigenvalue weighted by Crippen LogP contribution is -2.47. The summed E-state index contributed by atoms with van der Waals surface area (Å²) in [6.07, 6.45) is -0.266. The Morgan fingerprint density at radius 3 is 2.67 bits per heavy atom. The van der Waals surface area contributed by atoms with Crippen LogP contribution in [0.3, 0.4) is 0 Å². The summed E-state index contributed by atoms with van der Waals surface area (Å²) in [5, 5.41) is 12.5. The summed E-state index contributed by atoms with van der Waals surface area (Å²) in [4.78, 5) is 7.79. The molecule has 0 saturated heterocycles. The molecule has 0 radical (unpaired) electrons. The molecule has 21 heavy (non-hydrogen) atoms. The Hall–Kier alpha value is -3.02. The number of hydrogen-bond acceptors (Lipinski definition) is 4. The van der Waals surface area contributed by atoms with Gasteiger partial charge >= 0.3 is 5.95 Å². The number of hydrogen-bond donors (Lipinski definition) is 4. The van der Waals surface area contributed by atoms with Gasteiger partial charge in [-0.2, -0.15) is 4.99 Å². The fourth-order valence-corrected chi connectivity index (χ4v) is 2.66. The summed E-state index contributed by atoms with van der Waals surface area (Å²) in [5.41, 5.74) is 8.88. The summed E-state index contributed by atoms with van der Waals surface area (Å²) >= 11 is 0. The van der Waals surface area contributed by atoms with Crippen LogP contribution in [-0.2, 0) is 0 Å². The predicted octanol–water partition coefficient (Wildman–Crippen LogP) is 1.45. The highest BCUT2D eigenvalue weighted by Gasteiger charge is 2.30. The van der Waals surface area contributed by atoms with Crippen LogP contribution in [0.15, 0.2) is 53.5 Å². The highest BCUT2D eigenvalue weighted by Crippen LogP contribution is 2.24. The Bertz CT molecular complexity index is 850. The number of aromatic amines is 1. The number of aromatic hydroxyl groups is 1. The first-order chi connectivity index (χ1) is 10.2. The van der Waals surface area contributed by atoms with Crippen LogP contribution in [-0.4, -0.2) is 16.1 Å². The van der Waals surface area contributed by atoms with Crippen LogP contribution in [0.5, 0.6) is 5.75 Å². The number of benzene rings is 2. The molecule has 0 saturated carbocycles. The van der Waals surface area contributed by atoms with Gasteiger partial charge in [0.15, 0.2) is 0 Å². The maximum atomic E-state index is 9.45. The minimum Gasteiger partial charge on any atom is -0.508 e. The van der Waals surface area contributed by atoms with Crippen molar-refractivity contribution in [3.8, 4) is 5.75 Å². The molecule has 6 nitrogen and oxygen atoms in total. The zero-order chi connectivity index (χ0) is 14.4. The van der Waals surface area contributed by atoms with Gasteiger partial charge in [-0.05, 0) is 36.4 Å². The van der Waals surface area contributed by atoms with Gasteiger partial charge in [-0.25, -0.2) is 14.9 Å². The summed E-state index contributed by atoms with van der Waals surface area (Å²) in [7, 11) is 0. The summed E-state index contributed by atoms with van der Waals surface area (Å²) in [6.45, 7) is 0. The molecular weight excluding hydrogens is 266 g/mol. The quantitative estimate of drug-likeness (QED) is 0.508. The molecule has 2 aromatic carbocycles. The topological polar surface area (TPSA) is 90.3 Å². The van der Waals surface area contributed by atoms with Gasteiger partial charge in [-0.3, -0.25) is 0 Å². The van der Waals surface area contributed by atoms with Gasteiger partial charge in [0.1, 0.15) is 16.8 Å². The molecule has 0 spiro atoms. The molecule has 1 aromatic heterocycles. The molecule has 0 fully saturated rings. The highest BCUT2D eigenvalue weighted by atomic mass is 16.3. The van der Waals surface area contributed by atoms with E-state index in [1.54, 1.807) is 12.1 Å². The molecule has 1 aliphatic heterocycles. The van der Waals surface area contributed by atoms with Gasteiger partial charge in [0.2, 0.25) is 6.17 Å². The molecule has 1 atom stereocenters. The maximum Gasteiger partial charge on any atom is 0.365 e. The van der Waals surface area contributed by atoms with Crippen molar-refractivity contribution >= 4 is 22.9 Å². The number of aromatic nitrogens is 2. The van der Waals surface area contributed by atoms with E-state index in [0.717, 1.165) is 22.5 Å². The van der Waals surface area contributed by atoms with Gasteiger partial charge in [-0.1, -0.05) is 12.1 Å². The number of para-hydroxylation sites is 2. The summed E-state index contributed by atoms with van der Waals surface area (Å²) in [5.74, 6) is 1.38. The number of fused-ring (bicyclic) bond motifs is 3. The third-order valence-corrected chi connectivity index (χ3v) is 3.60. The maximum absolute atomic E-state index is 9.45. The number of rotatable bonds is 1. The van der Waals surface area contributed by atoms with Gasteiger partial charge in [0.25, 0.3) is 5.96 Å². The number of aliphatic imine (C=N–C) groups is 1. The van der Waals surface area contributed by atoms with E-state index in [-0.39, 0.29) is 11.9 Å². The lowest BCUT2D eigenvalue weighted by Gasteiger charge is -2.18. The van der Waals surface area contributed by atoms with Crippen LogP contribution in [0.25, 0.3) is 11.0 Å². The highest BCUT2D eigenvalue weighted by molar-refractivity contribution is 5.92. The zero-order valence-electron chi connectivity index (χ0n) is 11.1. The monoisotopic (exact) mass is 280 g/mol. The Balaban J connectivity index is 1.95. The molecule has 0 aliphatic carbocycles. The molecule has 2 heterocycles. The van der Waals surface area contributed by atoms with Crippen molar-refractivity contribution in [2.45, 2.75) is 6.17 Å². The Labute approximate surface area is 120 Å². The molecule has 1 aliphatic rings. The van der Waals surface area contributed by atoms with Crippen LogP contribution in [0.2, 0.25) is 0 Å². The van der Waals surface area contributed by atoms with Crippen LogP contribution in [0.4, 0.5) is 5.95 Å². The number of nitrogens with zero attached hydrogens (tertiary/aromatic N) is 2. The van der Waals surface area contributed by atoms with Crippen molar-refractivity contribution < 1.29 is 9.67 Å². The molecule has 0 unspecified atom stereocenters. The first-order valence-corrected chi connectivity index (χ1v) is 6.64. The van der Waals surface area contributed by atoms with Gasteiger partial charge in [0, 0.05) is 5.56 Å². The van der Waals surface area contributed by atoms with Crippen LogP contribution >= 0.6 is 0 Å². The first kappa shape index (κ1) is 11.8. The largest absolute Gasteiger partial charge is 0.508 e. The Morgan fingerprint density at radius 2 is 1.86 bits per heavy atom. The number of phenolic OH excluding ortho intramolecular Hbond substituents is 1. The fraction of sp³-hybridized carbons (Fsp3) is 0.0667. The van der Waals surface area contributed by atoms with E-state index >= 15 is 0 Å². The molecule has 4 rings (SSSR count). The van der Waals surface area contributed by atoms with Crippen LogP contribution in [0.1, 0.15) is 11.7 Å². The molecular formula is C15H14N5O+. The van der Waals surface area contributed by atoms with E-state index in [1.807, 2.05) is 36.4 Å². The summed E-state index contributed by atoms with van der Waals surface area (Å²) in [6, 6.07) is 15.0. The molecule has 104 valence electrons. The van der Waals surface area contributed by atoms with E-state index in [0.29, 0.717) is 5.96 Å². The lowest BCUT2D eigenvalue weighted by atomic mass is 10.1. The van der Waals surface area contributed by atoms with Gasteiger partial charge in [0.05, 0.1) is 0 Å². The van der Waals surface area contributed by atoms with Crippen LogP contribution < -0.4 is 15.6 Å². The number of guanidine groups is 1. The van der Waals surface area contributed by atoms with Crippen molar-refractivity contribution in [3.05, 3.63) is 54.1 Å². The average molecular weight is 280 g/mol. The second-order valence-electron chi connectivity index (χ2n) is 4.97. The van der Waals surface area contributed by atoms with E-state index in [4.69, 9.17) is 5.73 Å². The minimum atomic E-state index is -0.266. The minimum absolute atomic E-state index is 0.230. The number of phenols is 1. The van der Waals surface area contributed by atoms with Crippen molar-refractivity contribution in [1.82, 2.24) is 4.98 Å². The number of anilines is 1. The van der Waals surface area contributed by atoms with E-state index < -0.39 is 0 Å². The fourth-order valence-electron chi connectivity index (χ4n) is 2.66. The number of nitrogens with one attached hydrogen (secondary N) is 2. The van der Waals surface area contributed by atoms with Gasteiger partial charge in [-0.15, -0.1) is 0 Å². The average Bonchev–Trinajstić information content (AvgIpc) is 2.85. The van der Waals surface area contributed by atoms with Crippen molar-refractivity contribution in [2.24, 2.45) is 10.7 Å². The van der Waals surface area contributed by atoms with E-state index in [9.17, 15) is 5.11 Å². The van der Waals surface area contributed by atoms with Crippen molar-refractivity contribution in [1.29, 1.82) is 0 Å². The molecule has 0 bridgehead atoms. The third-order valence-electron chi connectivity index (χ3n) is 3.60. The van der Waals surface area contributed by atoms with E-state index in [1.165, 1.54) is 0 Å². The second-order valence-corrected chi connectivity index (χ2v) is 4.97. The first-order valence-electron chi connectivity index (χ1n) is 6.64. The van der Waals surface area contributed by atoms with E-state index in [2.05, 4.69) is 19.9 Å². The molecule has 6 heteroatoms. The lowest BCUT2D eigenvalue weighted by molar-refractivity contribution is -0.674. The summed E-state index contributed by atoms with van der Waals surface area (Å²) < 4.78 is 2.05. The molecule has 3 aromatic rings. The SMILES string of the molecule is NC1=N[C@H](c2ccc(O)cc2)[n+]2c([nH]c3ccccc32)N1. The van der Waals surface area contributed by atoms with Gasteiger partial charge < -0.3 is 10.8 Å². The predicted molar refractivity (Wildman–Crippen MR) is 80.0 cm³/mol. The Morgan fingerprint density at radius 1 is 1.10 bits per heavy atom. The number of imidazole rings is 1. The standard InChI is InChI=1S/C15H13N5O/c16-14-18-13(9-5-7-10(21)8-6-9)20-12-4-2-1-3-11(12)17-15(20)19-14/h1-8,13H,(H4,16,17,18,19,21)/p+1/t13-/m0/s1.